The van der Waals surface area contributed by atoms with Crippen molar-refractivity contribution in [2.24, 2.45) is 0 Å². The van der Waals surface area contributed by atoms with Crippen molar-refractivity contribution in [3.05, 3.63) is 53.8 Å². The highest BCUT2D eigenvalue weighted by Crippen LogP contribution is 2.30. The molecule has 0 heterocycles. The Kier molecular flexibility index (Phi) is 7.04. The maximum atomic E-state index is 12.8. The van der Waals surface area contributed by atoms with Gasteiger partial charge in [-0.2, -0.15) is 8.78 Å². The number of alkyl halides is 2. The molecule has 0 aliphatic heterocycles. The fourth-order valence-corrected chi connectivity index (χ4v) is 2.04. The first kappa shape index (κ1) is 20.1. The Morgan fingerprint density at radius 1 is 1.07 bits per heavy atom. The first-order valence-corrected chi connectivity index (χ1v) is 7.83. The van der Waals surface area contributed by atoms with E-state index in [-0.39, 0.29) is 23.7 Å². The second kappa shape index (κ2) is 9.46. The number of halogens is 3. The van der Waals surface area contributed by atoms with Crippen LogP contribution in [0.25, 0.3) is 0 Å². The molecule has 2 aromatic carbocycles. The van der Waals surface area contributed by atoms with Crippen molar-refractivity contribution < 1.29 is 37.0 Å². The summed E-state index contributed by atoms with van der Waals surface area (Å²) in [4.78, 5) is 23.8. The van der Waals surface area contributed by atoms with Crippen LogP contribution in [0, 0.1) is 5.82 Å². The molecule has 0 aliphatic carbocycles. The Morgan fingerprint density at radius 3 is 2.41 bits per heavy atom. The molecule has 0 aliphatic rings. The number of carbonyl (C=O) groups is 2. The van der Waals surface area contributed by atoms with Crippen molar-refractivity contribution in [1.29, 1.82) is 0 Å². The molecule has 0 unspecified atom stereocenters. The fraction of sp³-hybridized carbons (Fsp3) is 0.222. The molecule has 9 heteroatoms. The lowest BCUT2D eigenvalue weighted by Crippen LogP contribution is -2.21. The molecule has 2 rings (SSSR count). The van der Waals surface area contributed by atoms with E-state index in [2.05, 4.69) is 10.1 Å². The molecule has 0 saturated carbocycles. The monoisotopic (exact) mass is 383 g/mol. The van der Waals surface area contributed by atoms with Gasteiger partial charge in [0, 0.05) is 5.69 Å². The van der Waals surface area contributed by atoms with Gasteiger partial charge >= 0.3 is 12.6 Å². The van der Waals surface area contributed by atoms with Gasteiger partial charge in [-0.1, -0.05) is 0 Å². The zero-order valence-electron chi connectivity index (χ0n) is 14.2. The van der Waals surface area contributed by atoms with E-state index in [4.69, 9.17) is 9.47 Å². The Morgan fingerprint density at radius 2 is 1.78 bits per heavy atom. The second-order valence-corrected chi connectivity index (χ2v) is 5.10. The van der Waals surface area contributed by atoms with Gasteiger partial charge in [0.15, 0.2) is 18.1 Å². The summed E-state index contributed by atoms with van der Waals surface area (Å²) in [7, 11) is 0. The molecule has 1 amide bonds. The van der Waals surface area contributed by atoms with E-state index in [9.17, 15) is 22.8 Å². The molecule has 0 aromatic heterocycles. The number of esters is 1. The predicted octanol–water partition coefficient (Wildman–Crippen LogP) is 3.62. The Hall–Kier alpha value is -3.23. The number of benzene rings is 2. The SMILES string of the molecule is CCOc1cc(C(=O)OCC(=O)Nc2ccc(F)cc2)ccc1OC(F)F. The topological polar surface area (TPSA) is 73.9 Å². The summed E-state index contributed by atoms with van der Waals surface area (Å²) >= 11 is 0. The lowest BCUT2D eigenvalue weighted by molar-refractivity contribution is -0.119. The smallest absolute Gasteiger partial charge is 0.387 e. The highest BCUT2D eigenvalue weighted by molar-refractivity contribution is 5.95. The molecule has 0 bridgehead atoms. The van der Waals surface area contributed by atoms with Crippen LogP contribution in [0.1, 0.15) is 17.3 Å². The summed E-state index contributed by atoms with van der Waals surface area (Å²) in [5.41, 5.74) is 0.333. The third-order valence-corrected chi connectivity index (χ3v) is 3.16. The normalized spacial score (nSPS) is 10.4. The molecule has 144 valence electrons. The minimum atomic E-state index is -3.04. The Balaban J connectivity index is 1.97. The summed E-state index contributed by atoms with van der Waals surface area (Å²) in [5, 5.41) is 2.43. The van der Waals surface area contributed by atoms with Gasteiger partial charge in [0.1, 0.15) is 5.82 Å². The van der Waals surface area contributed by atoms with Crippen LogP contribution in [-0.2, 0) is 9.53 Å². The third kappa shape index (κ3) is 6.21. The number of rotatable bonds is 8. The Labute approximate surface area is 152 Å². The number of anilines is 1. The van der Waals surface area contributed by atoms with Gasteiger partial charge in [-0.3, -0.25) is 4.79 Å². The molecular weight excluding hydrogens is 367 g/mol. The van der Waals surface area contributed by atoms with Crippen LogP contribution in [0.3, 0.4) is 0 Å². The van der Waals surface area contributed by atoms with E-state index in [1.165, 1.54) is 36.4 Å². The largest absolute Gasteiger partial charge is 0.490 e. The van der Waals surface area contributed by atoms with Crippen molar-refractivity contribution in [1.82, 2.24) is 0 Å². The number of amides is 1. The van der Waals surface area contributed by atoms with Gasteiger partial charge in [0.2, 0.25) is 0 Å². The van der Waals surface area contributed by atoms with Crippen LogP contribution in [-0.4, -0.2) is 31.7 Å². The summed E-state index contributed by atoms with van der Waals surface area (Å²) in [5.74, 6) is -2.21. The van der Waals surface area contributed by atoms with Crippen molar-refractivity contribution in [3.63, 3.8) is 0 Å². The van der Waals surface area contributed by atoms with E-state index in [0.717, 1.165) is 6.07 Å². The van der Waals surface area contributed by atoms with E-state index in [1.54, 1.807) is 6.92 Å². The molecule has 0 saturated heterocycles. The molecule has 6 nitrogen and oxygen atoms in total. The van der Waals surface area contributed by atoms with Crippen LogP contribution in [0.2, 0.25) is 0 Å². The predicted molar refractivity (Wildman–Crippen MR) is 89.6 cm³/mol. The van der Waals surface area contributed by atoms with Crippen molar-refractivity contribution in [2.75, 3.05) is 18.5 Å². The van der Waals surface area contributed by atoms with Crippen molar-refractivity contribution >= 4 is 17.6 Å². The highest BCUT2D eigenvalue weighted by atomic mass is 19.3. The van der Waals surface area contributed by atoms with Crippen LogP contribution < -0.4 is 14.8 Å². The van der Waals surface area contributed by atoms with Gasteiger partial charge in [-0.15, -0.1) is 0 Å². The summed E-state index contributed by atoms with van der Waals surface area (Å²) in [6.45, 7) is -1.83. The maximum absolute atomic E-state index is 12.8. The standard InChI is InChI=1S/C18H16F3NO5/c1-2-25-15-9-11(3-8-14(15)27-18(20)21)17(24)26-10-16(23)22-13-6-4-12(19)5-7-13/h3-9,18H,2,10H2,1H3,(H,22,23). The van der Waals surface area contributed by atoms with Crippen molar-refractivity contribution in [3.8, 4) is 11.5 Å². The number of carbonyl (C=O) groups excluding carboxylic acids is 2. The molecule has 0 atom stereocenters. The first-order chi connectivity index (χ1) is 12.9. The highest BCUT2D eigenvalue weighted by Gasteiger charge is 2.16. The van der Waals surface area contributed by atoms with E-state index in [0.29, 0.717) is 5.69 Å². The van der Waals surface area contributed by atoms with Crippen molar-refractivity contribution in [2.45, 2.75) is 13.5 Å². The van der Waals surface area contributed by atoms with E-state index >= 15 is 0 Å². The minimum Gasteiger partial charge on any atom is -0.490 e. The van der Waals surface area contributed by atoms with Crippen LogP contribution in [0.15, 0.2) is 42.5 Å². The number of nitrogens with one attached hydrogen (secondary N) is 1. The van der Waals surface area contributed by atoms with Crippen LogP contribution in [0.4, 0.5) is 18.9 Å². The summed E-state index contributed by atoms with van der Waals surface area (Å²) in [6, 6.07) is 8.57. The lowest BCUT2D eigenvalue weighted by Gasteiger charge is -2.12. The quantitative estimate of drug-likeness (QED) is 0.705. The maximum Gasteiger partial charge on any atom is 0.387 e. The summed E-state index contributed by atoms with van der Waals surface area (Å²) < 4.78 is 51.9. The van der Waals surface area contributed by atoms with E-state index in [1.807, 2.05) is 0 Å². The Bertz CT molecular complexity index is 796. The molecular formula is C18H16F3NO5. The average Bonchev–Trinajstić information content (AvgIpc) is 2.63. The van der Waals surface area contributed by atoms with E-state index < -0.39 is 30.9 Å². The van der Waals surface area contributed by atoms with Gasteiger partial charge in [-0.25, -0.2) is 9.18 Å². The first-order valence-electron chi connectivity index (χ1n) is 7.83. The van der Waals surface area contributed by atoms with Gasteiger partial charge in [0.25, 0.3) is 5.91 Å². The number of hydrogen-bond acceptors (Lipinski definition) is 5. The lowest BCUT2D eigenvalue weighted by atomic mass is 10.2. The molecule has 0 fully saturated rings. The third-order valence-electron chi connectivity index (χ3n) is 3.16. The fourth-order valence-electron chi connectivity index (χ4n) is 2.04. The molecule has 2 aromatic rings. The summed E-state index contributed by atoms with van der Waals surface area (Å²) in [6.07, 6.45) is 0. The minimum absolute atomic E-state index is 0.00496. The average molecular weight is 383 g/mol. The van der Waals surface area contributed by atoms with Gasteiger partial charge in [0.05, 0.1) is 12.2 Å². The number of hydrogen-bond donors (Lipinski definition) is 1. The molecule has 27 heavy (non-hydrogen) atoms. The number of ether oxygens (including phenoxy) is 3. The van der Waals surface area contributed by atoms with Gasteiger partial charge < -0.3 is 19.5 Å². The van der Waals surface area contributed by atoms with Crippen LogP contribution in [0.5, 0.6) is 11.5 Å². The zero-order valence-corrected chi connectivity index (χ0v) is 14.2. The molecule has 0 radical (unpaired) electrons. The molecule has 0 spiro atoms. The van der Waals surface area contributed by atoms with Crippen LogP contribution >= 0.6 is 0 Å². The molecule has 1 N–H and O–H groups in total. The second-order valence-electron chi connectivity index (χ2n) is 5.10. The van der Waals surface area contributed by atoms with Gasteiger partial charge in [-0.05, 0) is 49.4 Å². The zero-order chi connectivity index (χ0) is 19.8.